The Morgan fingerprint density at radius 2 is 2.07 bits per heavy atom. The van der Waals surface area contributed by atoms with E-state index < -0.39 is 6.04 Å². The van der Waals surface area contributed by atoms with Crippen LogP contribution in [0.25, 0.3) is 11.3 Å². The minimum atomic E-state index is -0.396. The van der Waals surface area contributed by atoms with Crippen molar-refractivity contribution in [3.8, 4) is 11.3 Å². The summed E-state index contributed by atoms with van der Waals surface area (Å²) in [5.41, 5.74) is 4.84. The van der Waals surface area contributed by atoms with Crippen molar-refractivity contribution >= 4 is 5.91 Å². The molecule has 3 aromatic rings. The number of H-pyrrole nitrogens is 1. The zero-order valence-electron chi connectivity index (χ0n) is 16.2. The molecule has 5 nitrogen and oxygen atoms in total. The van der Waals surface area contributed by atoms with Crippen LogP contribution in [0.4, 0.5) is 4.39 Å². The van der Waals surface area contributed by atoms with Gasteiger partial charge in [-0.05, 0) is 37.5 Å². The van der Waals surface area contributed by atoms with Gasteiger partial charge in [0.2, 0.25) is 0 Å². The number of fused-ring (bicyclic) bond motifs is 1. The first-order valence-corrected chi connectivity index (χ1v) is 9.95. The van der Waals surface area contributed by atoms with Crippen LogP contribution in [0.2, 0.25) is 0 Å². The topological polar surface area (TPSA) is 58.2 Å². The monoisotopic (exact) mass is 391 g/mol. The van der Waals surface area contributed by atoms with Gasteiger partial charge in [-0.15, -0.1) is 0 Å². The Morgan fingerprint density at radius 3 is 2.79 bits per heavy atom. The van der Waals surface area contributed by atoms with Gasteiger partial charge in [0, 0.05) is 24.3 Å². The molecule has 0 bridgehead atoms. The molecule has 0 saturated carbocycles. The number of aromatic amines is 1. The van der Waals surface area contributed by atoms with E-state index in [1.165, 1.54) is 12.1 Å². The van der Waals surface area contributed by atoms with Crippen molar-refractivity contribution in [2.75, 3.05) is 13.2 Å². The summed E-state index contributed by atoms with van der Waals surface area (Å²) in [5.74, 6) is -0.434. The van der Waals surface area contributed by atoms with E-state index in [0.717, 1.165) is 47.4 Å². The summed E-state index contributed by atoms with van der Waals surface area (Å²) >= 11 is 0. The minimum Gasteiger partial charge on any atom is -0.376 e. The van der Waals surface area contributed by atoms with Crippen LogP contribution in [-0.2, 0) is 4.74 Å². The van der Waals surface area contributed by atoms with E-state index in [1.54, 1.807) is 11.0 Å². The van der Waals surface area contributed by atoms with Crippen LogP contribution in [-0.4, -0.2) is 40.3 Å². The van der Waals surface area contributed by atoms with Gasteiger partial charge < -0.3 is 9.64 Å². The van der Waals surface area contributed by atoms with E-state index in [0.29, 0.717) is 12.2 Å². The van der Waals surface area contributed by atoms with E-state index in [1.807, 2.05) is 37.3 Å². The highest BCUT2D eigenvalue weighted by Crippen LogP contribution is 2.43. The van der Waals surface area contributed by atoms with Crippen LogP contribution in [0.15, 0.2) is 48.5 Å². The Kier molecular flexibility index (Phi) is 4.43. The fraction of sp³-hybridized carbons (Fsp3) is 0.304. The summed E-state index contributed by atoms with van der Waals surface area (Å²) in [7, 11) is 0. The summed E-state index contributed by atoms with van der Waals surface area (Å²) in [6, 6.07) is 14.1. The van der Waals surface area contributed by atoms with Crippen LogP contribution < -0.4 is 0 Å². The van der Waals surface area contributed by atoms with Gasteiger partial charge >= 0.3 is 0 Å². The number of hydrogen-bond donors (Lipinski definition) is 1. The average Bonchev–Trinajstić information content (AvgIpc) is 3.43. The van der Waals surface area contributed by atoms with Crippen molar-refractivity contribution in [3.63, 3.8) is 0 Å². The molecule has 2 unspecified atom stereocenters. The number of carbonyl (C=O) groups excluding carboxylic acids is 1. The third kappa shape index (κ3) is 3.13. The molecule has 29 heavy (non-hydrogen) atoms. The molecular weight excluding hydrogens is 369 g/mol. The van der Waals surface area contributed by atoms with Crippen LogP contribution in [0.1, 0.15) is 46.1 Å². The van der Waals surface area contributed by atoms with E-state index in [-0.39, 0.29) is 17.8 Å². The third-order valence-electron chi connectivity index (χ3n) is 5.78. The largest absolute Gasteiger partial charge is 0.376 e. The maximum absolute atomic E-state index is 14.1. The summed E-state index contributed by atoms with van der Waals surface area (Å²) in [6.07, 6.45) is 1.94. The van der Waals surface area contributed by atoms with Crippen molar-refractivity contribution in [2.45, 2.75) is 31.9 Å². The van der Waals surface area contributed by atoms with Crippen molar-refractivity contribution < 1.29 is 13.9 Å². The SMILES string of the molecule is Cc1ccc(-c2n[nH]c3c2C(c2cccc(F)c2)N(CC2CCCO2)C3=O)cc1. The summed E-state index contributed by atoms with van der Waals surface area (Å²) in [4.78, 5) is 15.1. The lowest BCUT2D eigenvalue weighted by Gasteiger charge is -2.28. The number of benzene rings is 2. The average molecular weight is 391 g/mol. The van der Waals surface area contributed by atoms with Crippen molar-refractivity contribution in [2.24, 2.45) is 0 Å². The summed E-state index contributed by atoms with van der Waals surface area (Å²) in [6.45, 7) is 3.23. The van der Waals surface area contributed by atoms with Gasteiger partial charge in [-0.2, -0.15) is 5.10 Å². The lowest BCUT2D eigenvalue weighted by atomic mass is 9.95. The fourth-order valence-corrected chi connectivity index (χ4v) is 4.35. The number of hydrogen-bond acceptors (Lipinski definition) is 3. The second-order valence-corrected chi connectivity index (χ2v) is 7.78. The lowest BCUT2D eigenvalue weighted by molar-refractivity contribution is 0.0495. The highest BCUT2D eigenvalue weighted by atomic mass is 19.1. The van der Waals surface area contributed by atoms with Gasteiger partial charge in [0.05, 0.1) is 17.8 Å². The number of rotatable bonds is 4. The van der Waals surface area contributed by atoms with Crippen LogP contribution in [0.3, 0.4) is 0 Å². The number of aromatic nitrogens is 2. The predicted octanol–water partition coefficient (Wildman–Crippen LogP) is 4.25. The first-order valence-electron chi connectivity index (χ1n) is 9.95. The summed E-state index contributed by atoms with van der Waals surface area (Å²) in [5, 5.41) is 7.40. The fourth-order valence-electron chi connectivity index (χ4n) is 4.35. The third-order valence-corrected chi connectivity index (χ3v) is 5.78. The second kappa shape index (κ2) is 7.12. The van der Waals surface area contributed by atoms with E-state index >= 15 is 0 Å². The molecule has 0 radical (unpaired) electrons. The Balaban J connectivity index is 1.62. The number of carbonyl (C=O) groups is 1. The molecule has 5 rings (SSSR count). The molecule has 3 heterocycles. The Labute approximate surface area is 168 Å². The molecule has 148 valence electrons. The quantitative estimate of drug-likeness (QED) is 0.723. The molecule has 1 N–H and O–H groups in total. The summed E-state index contributed by atoms with van der Waals surface area (Å²) < 4.78 is 19.8. The van der Waals surface area contributed by atoms with Gasteiger partial charge in [0.15, 0.2) is 0 Å². The first kappa shape index (κ1) is 18.1. The number of nitrogens with zero attached hydrogens (tertiary/aromatic N) is 2. The van der Waals surface area contributed by atoms with Crippen LogP contribution >= 0.6 is 0 Å². The smallest absolute Gasteiger partial charge is 0.273 e. The Morgan fingerprint density at radius 1 is 1.24 bits per heavy atom. The molecule has 2 atom stereocenters. The van der Waals surface area contributed by atoms with Gasteiger partial charge in [0.25, 0.3) is 5.91 Å². The van der Waals surface area contributed by atoms with E-state index in [9.17, 15) is 9.18 Å². The maximum Gasteiger partial charge on any atom is 0.273 e. The van der Waals surface area contributed by atoms with Crippen molar-refractivity contribution in [1.29, 1.82) is 0 Å². The second-order valence-electron chi connectivity index (χ2n) is 7.78. The Hall–Kier alpha value is -2.99. The number of amides is 1. The normalized spacial score (nSPS) is 21.0. The highest BCUT2D eigenvalue weighted by Gasteiger charge is 2.43. The van der Waals surface area contributed by atoms with Crippen LogP contribution in [0.5, 0.6) is 0 Å². The van der Waals surface area contributed by atoms with Gasteiger partial charge in [-0.3, -0.25) is 9.89 Å². The number of halogens is 1. The molecule has 0 spiro atoms. The predicted molar refractivity (Wildman–Crippen MR) is 107 cm³/mol. The molecule has 2 aliphatic rings. The molecule has 1 saturated heterocycles. The molecule has 2 aromatic carbocycles. The number of nitrogens with one attached hydrogen (secondary N) is 1. The zero-order valence-corrected chi connectivity index (χ0v) is 16.2. The Bertz CT molecular complexity index is 1050. The van der Waals surface area contributed by atoms with Gasteiger partial charge in [0.1, 0.15) is 11.5 Å². The van der Waals surface area contributed by atoms with Crippen LogP contribution in [0, 0.1) is 12.7 Å². The molecule has 1 aromatic heterocycles. The number of aryl methyl sites for hydroxylation is 1. The van der Waals surface area contributed by atoms with E-state index in [4.69, 9.17) is 4.74 Å². The molecule has 0 aliphatic carbocycles. The van der Waals surface area contributed by atoms with Crippen molar-refractivity contribution in [1.82, 2.24) is 15.1 Å². The standard InChI is InChI=1S/C23H22FN3O2/c1-14-7-9-15(10-8-14)20-19-21(26-25-20)23(28)27(13-18-6-3-11-29-18)22(19)16-4-2-5-17(24)12-16/h2,4-5,7-10,12,18,22H,3,6,11,13H2,1H3,(H,25,26). The zero-order chi connectivity index (χ0) is 20.0. The minimum absolute atomic E-state index is 0.00907. The van der Waals surface area contributed by atoms with Crippen molar-refractivity contribution in [3.05, 3.63) is 76.7 Å². The molecule has 1 amide bonds. The molecule has 1 fully saturated rings. The van der Waals surface area contributed by atoms with Gasteiger partial charge in [-0.1, -0.05) is 42.0 Å². The molecule has 6 heteroatoms. The molecule has 2 aliphatic heterocycles. The van der Waals surface area contributed by atoms with E-state index in [2.05, 4.69) is 10.2 Å². The molecular formula is C23H22FN3O2. The van der Waals surface area contributed by atoms with Gasteiger partial charge in [-0.25, -0.2) is 4.39 Å². The highest BCUT2D eigenvalue weighted by molar-refractivity contribution is 6.00. The number of ether oxygens (including phenoxy) is 1. The maximum atomic E-state index is 14.1. The lowest BCUT2D eigenvalue weighted by Crippen LogP contribution is -2.36. The first-order chi connectivity index (χ1) is 14.1.